The van der Waals surface area contributed by atoms with Gasteiger partial charge in [-0.15, -0.1) is 11.3 Å². The standard InChI is InChI=1S/C15H17BrF2N2S/c1-3-5-11-12(8-19-4-2)21-15(20-11)9-6-7-10(17)14(18)13(9)16/h6-7,19H,3-5,8H2,1-2H3. The first kappa shape index (κ1) is 16.5. The summed E-state index contributed by atoms with van der Waals surface area (Å²) in [4.78, 5) is 5.77. The van der Waals surface area contributed by atoms with E-state index in [4.69, 9.17) is 0 Å². The molecule has 0 aliphatic carbocycles. The number of rotatable bonds is 6. The van der Waals surface area contributed by atoms with E-state index in [1.54, 1.807) is 6.07 Å². The van der Waals surface area contributed by atoms with Crippen LogP contribution in [0.15, 0.2) is 16.6 Å². The average Bonchev–Trinajstić information content (AvgIpc) is 2.86. The summed E-state index contributed by atoms with van der Waals surface area (Å²) in [5.41, 5.74) is 1.63. The molecule has 1 aromatic carbocycles. The van der Waals surface area contributed by atoms with Crippen LogP contribution in [-0.4, -0.2) is 11.5 Å². The monoisotopic (exact) mass is 374 g/mol. The lowest BCUT2D eigenvalue weighted by atomic mass is 10.2. The molecular formula is C15H17BrF2N2S. The first-order valence-corrected chi connectivity index (χ1v) is 8.52. The summed E-state index contributed by atoms with van der Waals surface area (Å²) in [6.45, 7) is 5.79. The van der Waals surface area contributed by atoms with Crippen LogP contribution in [0.25, 0.3) is 10.6 Å². The van der Waals surface area contributed by atoms with Crippen LogP contribution in [0.3, 0.4) is 0 Å². The van der Waals surface area contributed by atoms with Gasteiger partial charge in [-0.2, -0.15) is 0 Å². The summed E-state index contributed by atoms with van der Waals surface area (Å²) in [6.07, 6.45) is 1.89. The number of benzene rings is 1. The van der Waals surface area contributed by atoms with Gasteiger partial charge in [0.25, 0.3) is 0 Å². The number of aryl methyl sites for hydroxylation is 1. The second-order valence-corrected chi connectivity index (χ2v) is 6.52. The van der Waals surface area contributed by atoms with E-state index in [-0.39, 0.29) is 4.47 Å². The molecule has 2 rings (SSSR count). The fourth-order valence-electron chi connectivity index (χ4n) is 2.00. The van der Waals surface area contributed by atoms with Crippen molar-refractivity contribution in [2.45, 2.75) is 33.2 Å². The molecule has 0 aliphatic heterocycles. The topological polar surface area (TPSA) is 24.9 Å². The molecule has 2 nitrogen and oxygen atoms in total. The smallest absolute Gasteiger partial charge is 0.173 e. The van der Waals surface area contributed by atoms with Gasteiger partial charge in [-0.05, 0) is 41.0 Å². The number of nitrogens with zero attached hydrogens (tertiary/aromatic N) is 1. The molecule has 1 heterocycles. The molecule has 0 aliphatic rings. The second-order valence-electron chi connectivity index (χ2n) is 4.64. The first-order valence-electron chi connectivity index (χ1n) is 6.91. The minimum absolute atomic E-state index is 0.134. The molecule has 21 heavy (non-hydrogen) atoms. The van der Waals surface area contributed by atoms with Gasteiger partial charge in [-0.1, -0.05) is 20.3 Å². The zero-order valence-electron chi connectivity index (χ0n) is 12.0. The molecule has 114 valence electrons. The number of hydrogen-bond acceptors (Lipinski definition) is 3. The van der Waals surface area contributed by atoms with Crippen LogP contribution in [-0.2, 0) is 13.0 Å². The molecule has 1 N–H and O–H groups in total. The van der Waals surface area contributed by atoms with Crippen molar-refractivity contribution in [3.63, 3.8) is 0 Å². The second kappa shape index (κ2) is 7.42. The highest BCUT2D eigenvalue weighted by molar-refractivity contribution is 9.10. The molecule has 0 saturated carbocycles. The lowest BCUT2D eigenvalue weighted by molar-refractivity contribution is 0.505. The van der Waals surface area contributed by atoms with Crippen LogP contribution in [0.2, 0.25) is 0 Å². The quantitative estimate of drug-likeness (QED) is 0.726. The highest BCUT2D eigenvalue weighted by Crippen LogP contribution is 2.35. The maximum absolute atomic E-state index is 13.7. The summed E-state index contributed by atoms with van der Waals surface area (Å²) in [6, 6.07) is 2.70. The Labute approximate surface area is 135 Å². The van der Waals surface area contributed by atoms with Crippen molar-refractivity contribution in [3.8, 4) is 10.6 Å². The number of hydrogen-bond donors (Lipinski definition) is 1. The summed E-state index contributed by atoms with van der Waals surface area (Å²) in [7, 11) is 0. The SMILES string of the molecule is CCCc1nc(-c2ccc(F)c(F)c2Br)sc1CNCC. The van der Waals surface area contributed by atoms with Gasteiger partial charge in [0.1, 0.15) is 5.01 Å². The zero-order valence-corrected chi connectivity index (χ0v) is 14.4. The van der Waals surface area contributed by atoms with Crippen molar-refractivity contribution in [1.29, 1.82) is 0 Å². The summed E-state index contributed by atoms with van der Waals surface area (Å²) < 4.78 is 27.0. The molecule has 0 saturated heterocycles. The van der Waals surface area contributed by atoms with E-state index in [0.717, 1.165) is 47.6 Å². The van der Waals surface area contributed by atoms with Crippen LogP contribution < -0.4 is 5.32 Å². The number of aromatic nitrogens is 1. The normalized spacial score (nSPS) is 11.1. The summed E-state index contributed by atoms with van der Waals surface area (Å²) in [5.74, 6) is -1.73. The predicted octanol–water partition coefficient (Wildman–Crippen LogP) is 4.91. The van der Waals surface area contributed by atoms with E-state index in [1.165, 1.54) is 11.3 Å². The Morgan fingerprint density at radius 3 is 2.71 bits per heavy atom. The summed E-state index contributed by atoms with van der Waals surface area (Å²) in [5, 5.41) is 4.01. The molecule has 1 aromatic heterocycles. The van der Waals surface area contributed by atoms with Crippen LogP contribution in [0.5, 0.6) is 0 Å². The molecule has 0 bridgehead atoms. The van der Waals surface area contributed by atoms with Gasteiger partial charge in [0.15, 0.2) is 11.6 Å². The summed E-state index contributed by atoms with van der Waals surface area (Å²) >= 11 is 4.66. The number of nitrogens with one attached hydrogen (secondary N) is 1. The number of thiazole rings is 1. The van der Waals surface area contributed by atoms with Crippen molar-refractivity contribution >= 4 is 27.3 Å². The Bertz CT molecular complexity index is 628. The molecule has 0 amide bonds. The number of halogens is 3. The molecule has 0 unspecified atom stereocenters. The fourth-order valence-corrected chi connectivity index (χ4v) is 3.75. The zero-order chi connectivity index (χ0) is 15.4. The van der Waals surface area contributed by atoms with Crippen molar-refractivity contribution in [2.75, 3.05) is 6.54 Å². The van der Waals surface area contributed by atoms with Gasteiger partial charge in [0.05, 0.1) is 10.2 Å². The van der Waals surface area contributed by atoms with Crippen molar-refractivity contribution < 1.29 is 8.78 Å². The van der Waals surface area contributed by atoms with Crippen LogP contribution in [0, 0.1) is 11.6 Å². The molecule has 0 radical (unpaired) electrons. The van der Waals surface area contributed by atoms with Crippen molar-refractivity contribution in [3.05, 3.63) is 38.8 Å². The van der Waals surface area contributed by atoms with Gasteiger partial charge in [-0.3, -0.25) is 0 Å². The van der Waals surface area contributed by atoms with Gasteiger partial charge in [0, 0.05) is 17.0 Å². The van der Waals surface area contributed by atoms with Crippen molar-refractivity contribution in [1.82, 2.24) is 10.3 Å². The lowest BCUT2D eigenvalue weighted by Gasteiger charge is -2.02. The first-order chi connectivity index (χ1) is 10.1. The Morgan fingerprint density at radius 1 is 1.29 bits per heavy atom. The van der Waals surface area contributed by atoms with E-state index in [9.17, 15) is 8.78 Å². The van der Waals surface area contributed by atoms with E-state index in [1.807, 2.05) is 6.92 Å². The molecule has 6 heteroatoms. The van der Waals surface area contributed by atoms with Crippen molar-refractivity contribution in [2.24, 2.45) is 0 Å². The third-order valence-electron chi connectivity index (χ3n) is 3.07. The van der Waals surface area contributed by atoms with Crippen LogP contribution in [0.4, 0.5) is 8.78 Å². The minimum atomic E-state index is -0.868. The fraction of sp³-hybridized carbons (Fsp3) is 0.400. The highest BCUT2D eigenvalue weighted by Gasteiger charge is 2.17. The molecular weight excluding hydrogens is 358 g/mol. The van der Waals surface area contributed by atoms with Gasteiger partial charge in [-0.25, -0.2) is 13.8 Å². The van der Waals surface area contributed by atoms with Gasteiger partial charge < -0.3 is 5.32 Å². The highest BCUT2D eigenvalue weighted by atomic mass is 79.9. The van der Waals surface area contributed by atoms with Gasteiger partial charge in [0.2, 0.25) is 0 Å². The van der Waals surface area contributed by atoms with E-state index >= 15 is 0 Å². The Kier molecular flexibility index (Phi) is 5.84. The third kappa shape index (κ3) is 3.67. The Balaban J connectivity index is 2.42. The molecule has 0 atom stereocenters. The van der Waals surface area contributed by atoms with E-state index in [0.29, 0.717) is 5.56 Å². The third-order valence-corrected chi connectivity index (χ3v) is 4.97. The Morgan fingerprint density at radius 2 is 2.05 bits per heavy atom. The average molecular weight is 375 g/mol. The van der Waals surface area contributed by atoms with E-state index < -0.39 is 11.6 Å². The molecule has 0 spiro atoms. The lowest BCUT2D eigenvalue weighted by Crippen LogP contribution is -2.11. The molecule has 0 fully saturated rings. The van der Waals surface area contributed by atoms with Crippen LogP contribution in [0.1, 0.15) is 30.8 Å². The largest absolute Gasteiger partial charge is 0.312 e. The van der Waals surface area contributed by atoms with Gasteiger partial charge >= 0.3 is 0 Å². The van der Waals surface area contributed by atoms with Crippen LogP contribution >= 0.6 is 27.3 Å². The maximum atomic E-state index is 13.7. The minimum Gasteiger partial charge on any atom is -0.312 e. The molecule has 2 aromatic rings. The van der Waals surface area contributed by atoms with E-state index in [2.05, 4.69) is 33.2 Å². The Hall–Kier alpha value is -0.850. The maximum Gasteiger partial charge on any atom is 0.173 e. The predicted molar refractivity (Wildman–Crippen MR) is 86.5 cm³/mol.